The highest BCUT2D eigenvalue weighted by molar-refractivity contribution is 5.94. The fourth-order valence-corrected chi connectivity index (χ4v) is 4.54. The Morgan fingerprint density at radius 2 is 1.65 bits per heavy atom. The first-order valence-corrected chi connectivity index (χ1v) is 10.7. The largest absolute Gasteiger partial charge is 0.394 e. The van der Waals surface area contributed by atoms with Gasteiger partial charge in [0, 0.05) is 31.5 Å². The second-order valence-electron chi connectivity index (χ2n) is 8.62. The molecule has 31 heavy (non-hydrogen) atoms. The zero-order chi connectivity index (χ0) is 22.1. The highest BCUT2D eigenvalue weighted by Gasteiger charge is 2.53. The zero-order valence-electron chi connectivity index (χ0n) is 17.9. The highest BCUT2D eigenvalue weighted by atomic mass is 16.3. The molecule has 2 amide bonds. The average molecular weight is 418 g/mol. The molecule has 1 saturated carbocycles. The van der Waals surface area contributed by atoms with Gasteiger partial charge in [0.1, 0.15) is 6.04 Å². The van der Waals surface area contributed by atoms with E-state index in [0.29, 0.717) is 5.56 Å². The van der Waals surface area contributed by atoms with E-state index < -0.39 is 6.04 Å². The first-order chi connectivity index (χ1) is 15.0. The maximum atomic E-state index is 12.7. The van der Waals surface area contributed by atoms with Gasteiger partial charge in [-0.05, 0) is 41.7 Å². The van der Waals surface area contributed by atoms with Gasteiger partial charge in [0.2, 0.25) is 5.91 Å². The lowest BCUT2D eigenvalue weighted by Gasteiger charge is -2.53. The van der Waals surface area contributed by atoms with Gasteiger partial charge >= 0.3 is 0 Å². The Bertz CT molecular complexity index is 1000. The molecule has 0 radical (unpaired) electrons. The monoisotopic (exact) mass is 417 g/mol. The van der Waals surface area contributed by atoms with E-state index in [0.717, 1.165) is 36.0 Å². The summed E-state index contributed by atoms with van der Waals surface area (Å²) in [6, 6.07) is 16.8. The normalized spacial score (nSPS) is 22.8. The quantitative estimate of drug-likeness (QED) is 0.810. The third-order valence-corrected chi connectivity index (χ3v) is 6.61. The average Bonchev–Trinajstić information content (AvgIpc) is 2.72. The Morgan fingerprint density at radius 3 is 2.10 bits per heavy atom. The van der Waals surface area contributed by atoms with Crippen molar-refractivity contribution in [3.63, 3.8) is 0 Å². The van der Waals surface area contributed by atoms with Gasteiger partial charge in [0.05, 0.1) is 18.7 Å². The second kappa shape index (κ2) is 8.52. The van der Waals surface area contributed by atoms with Crippen LogP contribution in [0.3, 0.4) is 0 Å². The molecule has 1 aliphatic carbocycles. The first-order valence-electron chi connectivity index (χ1n) is 10.7. The number of carbonyl (C=O) groups excluding carboxylic acids is 2. The topological polar surface area (TPSA) is 84.6 Å². The number of carbonyl (C=O) groups is 2. The molecule has 1 heterocycles. The summed E-state index contributed by atoms with van der Waals surface area (Å²) in [4.78, 5) is 27.9. The van der Waals surface area contributed by atoms with Gasteiger partial charge in [0.25, 0.3) is 5.91 Å². The highest BCUT2D eigenvalue weighted by Crippen LogP contribution is 2.43. The van der Waals surface area contributed by atoms with Crippen LogP contribution >= 0.6 is 0 Å². The summed E-state index contributed by atoms with van der Waals surface area (Å²) < 4.78 is 0. The summed E-state index contributed by atoms with van der Waals surface area (Å²) in [7, 11) is 3.45. The molecule has 2 aromatic carbocycles. The van der Waals surface area contributed by atoms with Crippen LogP contribution in [0.5, 0.6) is 0 Å². The lowest BCUT2D eigenvalue weighted by atomic mass is 9.73. The number of likely N-dealkylation sites (tertiary alicyclic amines) is 1. The van der Waals surface area contributed by atoms with E-state index in [2.05, 4.69) is 6.07 Å². The maximum Gasteiger partial charge on any atom is 0.253 e. The summed E-state index contributed by atoms with van der Waals surface area (Å²) in [5.41, 5.74) is 3.58. The SMILES string of the molecule is CN(C)C(=O)c1ccc(-c2ccc([C@@H]3[C@@H](CO)N(C(=O)C4CCC4)[C@H]3C#N)cc2)cc1. The molecule has 0 bridgehead atoms. The number of hydrogen-bond acceptors (Lipinski definition) is 4. The fraction of sp³-hybridized carbons (Fsp3) is 0.400. The smallest absolute Gasteiger partial charge is 0.253 e. The molecule has 1 N–H and O–H groups in total. The predicted octanol–water partition coefficient (Wildman–Crippen LogP) is 3.03. The molecule has 2 aliphatic rings. The van der Waals surface area contributed by atoms with Crippen LogP contribution in [0.15, 0.2) is 48.5 Å². The standard InChI is InChI=1S/C25H27N3O3/c1-27(2)24(30)20-12-8-17(9-13-20)16-6-10-18(11-7-16)23-21(14-26)28(22(23)15-29)25(31)19-4-3-5-19/h6-13,19,21-23,29H,3-5,15H2,1-2H3/t21-,22+,23-/m0/s1. The summed E-state index contributed by atoms with van der Waals surface area (Å²) >= 11 is 0. The van der Waals surface area contributed by atoms with Crippen LogP contribution in [0, 0.1) is 17.2 Å². The van der Waals surface area contributed by atoms with Gasteiger partial charge in [-0.25, -0.2) is 0 Å². The molecule has 3 atom stereocenters. The van der Waals surface area contributed by atoms with Crippen molar-refractivity contribution in [1.82, 2.24) is 9.80 Å². The van der Waals surface area contributed by atoms with Crippen molar-refractivity contribution in [3.8, 4) is 17.2 Å². The van der Waals surface area contributed by atoms with Gasteiger partial charge < -0.3 is 14.9 Å². The second-order valence-corrected chi connectivity index (χ2v) is 8.62. The Morgan fingerprint density at radius 1 is 1.06 bits per heavy atom. The number of benzene rings is 2. The Balaban J connectivity index is 1.52. The van der Waals surface area contributed by atoms with Crippen LogP contribution < -0.4 is 0 Å². The van der Waals surface area contributed by atoms with Crippen LogP contribution in [0.25, 0.3) is 11.1 Å². The van der Waals surface area contributed by atoms with Crippen molar-refractivity contribution >= 4 is 11.8 Å². The molecular formula is C25H27N3O3. The first kappa shape index (κ1) is 21.1. The van der Waals surface area contributed by atoms with Crippen LogP contribution in [-0.4, -0.2) is 59.5 Å². The molecule has 160 valence electrons. The Kier molecular flexibility index (Phi) is 5.79. The van der Waals surface area contributed by atoms with E-state index in [1.165, 1.54) is 0 Å². The molecule has 0 unspecified atom stereocenters. The fourth-order valence-electron chi connectivity index (χ4n) is 4.54. The lowest BCUT2D eigenvalue weighted by molar-refractivity contribution is -0.154. The van der Waals surface area contributed by atoms with Crippen LogP contribution in [0.1, 0.15) is 41.1 Å². The minimum Gasteiger partial charge on any atom is -0.394 e. The summed E-state index contributed by atoms with van der Waals surface area (Å²) in [5.74, 6) is -0.203. The molecule has 1 aliphatic heterocycles. The minimum atomic E-state index is -0.535. The Labute approximate surface area is 182 Å². The molecule has 6 nitrogen and oxygen atoms in total. The van der Waals surface area contributed by atoms with E-state index >= 15 is 0 Å². The van der Waals surface area contributed by atoms with Gasteiger partial charge in [-0.2, -0.15) is 5.26 Å². The number of aliphatic hydroxyl groups excluding tert-OH is 1. The zero-order valence-corrected chi connectivity index (χ0v) is 17.9. The van der Waals surface area contributed by atoms with Crippen molar-refractivity contribution in [3.05, 3.63) is 59.7 Å². The predicted molar refractivity (Wildman–Crippen MR) is 117 cm³/mol. The van der Waals surface area contributed by atoms with E-state index in [1.54, 1.807) is 23.9 Å². The molecule has 0 spiro atoms. The van der Waals surface area contributed by atoms with Crippen molar-refractivity contribution < 1.29 is 14.7 Å². The van der Waals surface area contributed by atoms with Gasteiger partial charge in [-0.15, -0.1) is 0 Å². The third kappa shape index (κ3) is 3.70. The molecular weight excluding hydrogens is 390 g/mol. The number of amides is 2. The summed E-state index contributed by atoms with van der Waals surface area (Å²) in [6.45, 7) is -0.148. The third-order valence-electron chi connectivity index (χ3n) is 6.61. The van der Waals surface area contributed by atoms with Crippen molar-refractivity contribution in [2.45, 2.75) is 37.3 Å². The van der Waals surface area contributed by atoms with E-state index in [-0.39, 0.29) is 36.3 Å². The number of nitrogens with zero attached hydrogens (tertiary/aromatic N) is 3. The van der Waals surface area contributed by atoms with Gasteiger partial charge in [-0.3, -0.25) is 9.59 Å². The number of nitriles is 1. The van der Waals surface area contributed by atoms with E-state index in [1.807, 2.05) is 48.5 Å². The number of aliphatic hydroxyl groups is 1. The Hall–Kier alpha value is -3.17. The van der Waals surface area contributed by atoms with Crippen molar-refractivity contribution in [1.29, 1.82) is 5.26 Å². The number of rotatable bonds is 5. The lowest BCUT2D eigenvalue weighted by Crippen LogP contribution is -2.66. The van der Waals surface area contributed by atoms with Gasteiger partial charge in [0.15, 0.2) is 0 Å². The van der Waals surface area contributed by atoms with Crippen LogP contribution in [0.4, 0.5) is 0 Å². The van der Waals surface area contributed by atoms with E-state index in [4.69, 9.17) is 0 Å². The van der Waals surface area contributed by atoms with Crippen LogP contribution in [-0.2, 0) is 4.79 Å². The minimum absolute atomic E-state index is 0.00979. The maximum absolute atomic E-state index is 12.7. The molecule has 2 fully saturated rings. The van der Waals surface area contributed by atoms with E-state index in [9.17, 15) is 20.0 Å². The molecule has 1 saturated heterocycles. The molecule has 2 aromatic rings. The van der Waals surface area contributed by atoms with Crippen molar-refractivity contribution in [2.24, 2.45) is 5.92 Å². The molecule has 4 rings (SSSR count). The van der Waals surface area contributed by atoms with Gasteiger partial charge in [-0.1, -0.05) is 42.8 Å². The molecule has 6 heteroatoms. The number of hydrogen-bond donors (Lipinski definition) is 1. The summed E-state index contributed by atoms with van der Waals surface area (Å²) in [6.07, 6.45) is 2.81. The van der Waals surface area contributed by atoms with Crippen LogP contribution in [0.2, 0.25) is 0 Å². The van der Waals surface area contributed by atoms with Crippen molar-refractivity contribution in [2.75, 3.05) is 20.7 Å². The summed E-state index contributed by atoms with van der Waals surface area (Å²) in [5, 5.41) is 19.6. The molecule has 0 aromatic heterocycles.